The average Bonchev–Trinajstić information content (AvgIpc) is 2.52. The molecular weight excluding hydrogens is 210 g/mol. The van der Waals surface area contributed by atoms with Crippen molar-refractivity contribution < 1.29 is 13.6 Å². The molecule has 1 aromatic carbocycles. The van der Waals surface area contributed by atoms with Gasteiger partial charge in [0.05, 0.1) is 0 Å². The monoisotopic (exact) mass is 224 g/mol. The van der Waals surface area contributed by atoms with Crippen LogP contribution >= 0.6 is 0 Å². The van der Waals surface area contributed by atoms with Gasteiger partial charge in [0.1, 0.15) is 5.78 Å². The molecule has 1 aliphatic rings. The van der Waals surface area contributed by atoms with E-state index in [9.17, 15) is 13.6 Å². The Morgan fingerprint density at radius 2 is 2.06 bits per heavy atom. The molecule has 0 amide bonds. The van der Waals surface area contributed by atoms with Crippen molar-refractivity contribution in [2.45, 2.75) is 32.6 Å². The summed E-state index contributed by atoms with van der Waals surface area (Å²) >= 11 is 0. The fourth-order valence-corrected chi connectivity index (χ4v) is 2.39. The van der Waals surface area contributed by atoms with E-state index in [1.807, 2.05) is 6.92 Å². The number of carbonyl (C=O) groups is 1. The second kappa shape index (κ2) is 3.96. The van der Waals surface area contributed by atoms with Crippen LogP contribution in [0, 0.1) is 17.0 Å². The maximum Gasteiger partial charge on any atom is 0.159 e. The van der Waals surface area contributed by atoms with E-state index in [0.717, 1.165) is 18.1 Å². The number of rotatable bonds is 2. The Kier molecular flexibility index (Phi) is 2.78. The second-order valence-corrected chi connectivity index (χ2v) is 4.95. The summed E-state index contributed by atoms with van der Waals surface area (Å²) in [5.74, 6) is -1.37. The Morgan fingerprint density at radius 1 is 1.31 bits per heavy atom. The molecule has 0 N–H and O–H groups in total. The van der Waals surface area contributed by atoms with Crippen LogP contribution in [0.4, 0.5) is 8.78 Å². The van der Waals surface area contributed by atoms with Gasteiger partial charge in [0, 0.05) is 12.8 Å². The van der Waals surface area contributed by atoms with Gasteiger partial charge in [-0.1, -0.05) is 13.0 Å². The van der Waals surface area contributed by atoms with Crippen LogP contribution in [0.5, 0.6) is 0 Å². The Bertz CT molecular complexity index is 428. The molecule has 0 spiro atoms. The molecule has 0 radical (unpaired) electrons. The first-order valence-electron chi connectivity index (χ1n) is 5.44. The van der Waals surface area contributed by atoms with Gasteiger partial charge in [-0.15, -0.1) is 0 Å². The number of halogens is 2. The average molecular weight is 224 g/mol. The van der Waals surface area contributed by atoms with E-state index in [0.29, 0.717) is 19.3 Å². The highest BCUT2D eigenvalue weighted by Crippen LogP contribution is 2.38. The van der Waals surface area contributed by atoms with Crippen LogP contribution in [0.3, 0.4) is 0 Å². The maximum atomic E-state index is 13.0. The quantitative estimate of drug-likeness (QED) is 0.753. The zero-order valence-corrected chi connectivity index (χ0v) is 9.22. The summed E-state index contributed by atoms with van der Waals surface area (Å²) in [6.45, 7) is 2.03. The lowest BCUT2D eigenvalue weighted by atomic mass is 9.82. The molecule has 1 fully saturated rings. The topological polar surface area (TPSA) is 17.1 Å². The van der Waals surface area contributed by atoms with Crippen LogP contribution in [0.25, 0.3) is 0 Å². The largest absolute Gasteiger partial charge is 0.300 e. The smallest absolute Gasteiger partial charge is 0.159 e. The van der Waals surface area contributed by atoms with Crippen molar-refractivity contribution in [1.29, 1.82) is 0 Å². The van der Waals surface area contributed by atoms with Crippen molar-refractivity contribution in [3.05, 3.63) is 35.4 Å². The van der Waals surface area contributed by atoms with Gasteiger partial charge in [-0.25, -0.2) is 8.78 Å². The second-order valence-electron chi connectivity index (χ2n) is 4.95. The Balaban J connectivity index is 2.14. The van der Waals surface area contributed by atoms with Crippen LogP contribution in [-0.4, -0.2) is 5.78 Å². The number of hydrogen-bond acceptors (Lipinski definition) is 1. The molecule has 2 rings (SSSR count). The van der Waals surface area contributed by atoms with Gasteiger partial charge >= 0.3 is 0 Å². The molecule has 1 atom stereocenters. The van der Waals surface area contributed by atoms with Crippen LogP contribution in [0.15, 0.2) is 18.2 Å². The fourth-order valence-electron chi connectivity index (χ4n) is 2.39. The van der Waals surface area contributed by atoms with Crippen LogP contribution in [0.2, 0.25) is 0 Å². The van der Waals surface area contributed by atoms with E-state index in [1.54, 1.807) is 6.07 Å². The minimum absolute atomic E-state index is 0.0820. The van der Waals surface area contributed by atoms with Crippen molar-refractivity contribution in [3.63, 3.8) is 0 Å². The van der Waals surface area contributed by atoms with Crippen molar-refractivity contribution in [2.75, 3.05) is 0 Å². The molecule has 0 bridgehead atoms. The lowest BCUT2D eigenvalue weighted by Gasteiger charge is -2.22. The molecule has 0 aromatic heterocycles. The van der Waals surface area contributed by atoms with Crippen LogP contribution in [0.1, 0.15) is 31.7 Å². The van der Waals surface area contributed by atoms with Gasteiger partial charge in [-0.2, -0.15) is 0 Å². The summed E-state index contributed by atoms with van der Waals surface area (Å²) in [5.41, 5.74) is 0.678. The lowest BCUT2D eigenvalue weighted by Crippen LogP contribution is -2.15. The lowest BCUT2D eigenvalue weighted by molar-refractivity contribution is -0.117. The SMILES string of the molecule is CC1(Cc2ccc(F)c(F)c2)CCC(=O)C1. The molecule has 16 heavy (non-hydrogen) atoms. The zero-order valence-electron chi connectivity index (χ0n) is 9.22. The normalized spacial score (nSPS) is 25.1. The molecule has 0 heterocycles. The minimum atomic E-state index is -0.823. The van der Waals surface area contributed by atoms with Crippen LogP contribution in [-0.2, 0) is 11.2 Å². The van der Waals surface area contributed by atoms with Crippen molar-refractivity contribution >= 4 is 5.78 Å². The predicted molar refractivity (Wildman–Crippen MR) is 57.0 cm³/mol. The highest BCUT2D eigenvalue weighted by molar-refractivity contribution is 5.81. The van der Waals surface area contributed by atoms with E-state index >= 15 is 0 Å². The first kappa shape index (κ1) is 11.2. The molecule has 1 saturated carbocycles. The van der Waals surface area contributed by atoms with Crippen LogP contribution < -0.4 is 0 Å². The maximum absolute atomic E-state index is 13.0. The third-order valence-electron chi connectivity index (χ3n) is 3.25. The van der Waals surface area contributed by atoms with E-state index in [2.05, 4.69) is 0 Å². The van der Waals surface area contributed by atoms with E-state index in [4.69, 9.17) is 0 Å². The molecule has 1 nitrogen and oxygen atoms in total. The Hall–Kier alpha value is -1.25. The van der Waals surface area contributed by atoms with Crippen molar-refractivity contribution in [2.24, 2.45) is 5.41 Å². The molecule has 1 aliphatic carbocycles. The molecule has 1 unspecified atom stereocenters. The van der Waals surface area contributed by atoms with Gasteiger partial charge < -0.3 is 0 Å². The molecular formula is C13H14F2O. The summed E-state index contributed by atoms with van der Waals surface area (Å²) in [6, 6.07) is 3.96. The summed E-state index contributed by atoms with van der Waals surface area (Å²) in [7, 11) is 0. The summed E-state index contributed by atoms with van der Waals surface area (Å²) in [4.78, 5) is 11.2. The van der Waals surface area contributed by atoms with Gasteiger partial charge in [-0.05, 0) is 36.0 Å². The zero-order chi connectivity index (χ0) is 11.8. The molecule has 0 aliphatic heterocycles. The van der Waals surface area contributed by atoms with Crippen molar-refractivity contribution in [1.82, 2.24) is 0 Å². The number of hydrogen-bond donors (Lipinski definition) is 0. The highest BCUT2D eigenvalue weighted by Gasteiger charge is 2.33. The fraction of sp³-hybridized carbons (Fsp3) is 0.462. The molecule has 1 aromatic rings. The third-order valence-corrected chi connectivity index (χ3v) is 3.25. The van der Waals surface area contributed by atoms with Gasteiger partial charge in [0.15, 0.2) is 11.6 Å². The third kappa shape index (κ3) is 2.29. The first-order valence-corrected chi connectivity index (χ1v) is 5.44. The Labute approximate surface area is 93.5 Å². The molecule has 0 saturated heterocycles. The summed E-state index contributed by atoms with van der Waals surface area (Å²) in [6.07, 6.45) is 2.63. The standard InChI is InChI=1S/C13H14F2O/c1-13(5-4-10(16)8-13)7-9-2-3-11(14)12(15)6-9/h2-3,6H,4-5,7-8H2,1H3. The molecule has 3 heteroatoms. The summed E-state index contributed by atoms with van der Waals surface area (Å²) in [5, 5.41) is 0. The number of carbonyl (C=O) groups excluding carboxylic acids is 1. The van der Waals surface area contributed by atoms with Gasteiger partial charge in [0.25, 0.3) is 0 Å². The Morgan fingerprint density at radius 3 is 2.62 bits per heavy atom. The van der Waals surface area contributed by atoms with Crippen molar-refractivity contribution in [3.8, 4) is 0 Å². The number of benzene rings is 1. The van der Waals surface area contributed by atoms with Gasteiger partial charge in [-0.3, -0.25) is 4.79 Å². The predicted octanol–water partition coefficient (Wildman–Crippen LogP) is 3.27. The first-order chi connectivity index (χ1) is 7.48. The number of Topliss-reactive ketones (excluding diaryl/α,β-unsaturated/α-hetero) is 1. The molecule has 86 valence electrons. The van der Waals surface area contributed by atoms with E-state index in [-0.39, 0.29) is 11.2 Å². The van der Waals surface area contributed by atoms with Gasteiger partial charge in [0.2, 0.25) is 0 Å². The van der Waals surface area contributed by atoms with E-state index < -0.39 is 11.6 Å². The van der Waals surface area contributed by atoms with E-state index in [1.165, 1.54) is 6.07 Å². The minimum Gasteiger partial charge on any atom is -0.300 e. The number of ketones is 1. The highest BCUT2D eigenvalue weighted by atomic mass is 19.2. The summed E-state index contributed by atoms with van der Waals surface area (Å²) < 4.78 is 25.8.